The lowest BCUT2D eigenvalue weighted by atomic mass is 10.0. The van der Waals surface area contributed by atoms with Crippen LogP contribution in [0.25, 0.3) is 11.4 Å². The minimum absolute atomic E-state index is 0.290. The molecule has 0 spiro atoms. The maximum absolute atomic E-state index is 12.0. The number of nitrogens with zero attached hydrogens (tertiary/aromatic N) is 2. The summed E-state index contributed by atoms with van der Waals surface area (Å²) in [5.74, 6) is 0.842. The maximum Gasteiger partial charge on any atom is 0.319 e. The van der Waals surface area contributed by atoms with E-state index in [1.807, 2.05) is 42.1 Å². The molecule has 0 aliphatic heterocycles. The molecule has 3 N–H and O–H groups in total. The van der Waals surface area contributed by atoms with Crippen molar-refractivity contribution in [2.24, 2.45) is 7.05 Å². The van der Waals surface area contributed by atoms with Crippen LogP contribution in [0.3, 0.4) is 0 Å². The topological polar surface area (TPSA) is 79.2 Å². The molecule has 0 atom stereocenters. The first-order valence-corrected chi connectivity index (χ1v) is 7.91. The Balaban J connectivity index is 1.61. The van der Waals surface area contributed by atoms with Crippen molar-refractivity contribution < 1.29 is 9.90 Å². The van der Waals surface area contributed by atoms with Gasteiger partial charge in [-0.15, -0.1) is 0 Å². The summed E-state index contributed by atoms with van der Waals surface area (Å²) >= 11 is 0. The molecule has 1 aliphatic rings. The highest BCUT2D eigenvalue weighted by molar-refractivity contribution is 5.90. The normalized spacial score (nSPS) is 16.3. The van der Waals surface area contributed by atoms with Crippen molar-refractivity contribution in [2.45, 2.75) is 31.3 Å². The average Bonchev–Trinajstić information content (AvgIpc) is 3.15. The van der Waals surface area contributed by atoms with Crippen molar-refractivity contribution in [3.05, 3.63) is 36.7 Å². The van der Waals surface area contributed by atoms with E-state index in [1.165, 1.54) is 0 Å². The van der Waals surface area contributed by atoms with Crippen molar-refractivity contribution in [3.8, 4) is 11.4 Å². The summed E-state index contributed by atoms with van der Waals surface area (Å²) in [6.07, 6.45) is 7.16. The number of rotatable bonds is 4. The number of aromatic nitrogens is 2. The average molecular weight is 314 g/mol. The van der Waals surface area contributed by atoms with Crippen molar-refractivity contribution in [1.82, 2.24) is 14.9 Å². The molecule has 2 aromatic rings. The monoisotopic (exact) mass is 314 g/mol. The van der Waals surface area contributed by atoms with Crippen LogP contribution < -0.4 is 10.6 Å². The second kappa shape index (κ2) is 6.42. The summed E-state index contributed by atoms with van der Waals surface area (Å²) in [5, 5.41) is 15.8. The number of nitrogens with one attached hydrogen (secondary N) is 2. The molecule has 0 saturated heterocycles. The molecule has 0 radical (unpaired) electrons. The van der Waals surface area contributed by atoms with Crippen LogP contribution in [0.4, 0.5) is 10.5 Å². The molecule has 1 aliphatic carbocycles. The van der Waals surface area contributed by atoms with Crippen LogP contribution in [0.2, 0.25) is 0 Å². The number of benzene rings is 1. The Morgan fingerprint density at radius 1 is 1.39 bits per heavy atom. The summed E-state index contributed by atoms with van der Waals surface area (Å²) < 4.78 is 1.93. The molecule has 1 fully saturated rings. The number of urea groups is 1. The largest absolute Gasteiger partial charge is 0.388 e. The zero-order chi connectivity index (χ0) is 16.3. The van der Waals surface area contributed by atoms with E-state index in [0.29, 0.717) is 5.69 Å². The maximum atomic E-state index is 12.0. The Hall–Kier alpha value is -2.34. The molecule has 122 valence electrons. The molecular formula is C17H22N4O2. The number of aliphatic hydroxyl groups is 1. The Bertz CT molecular complexity index is 689. The first kappa shape index (κ1) is 15.6. The molecule has 1 aromatic heterocycles. The van der Waals surface area contributed by atoms with Crippen LogP contribution in [0.5, 0.6) is 0 Å². The van der Waals surface area contributed by atoms with Gasteiger partial charge in [0.1, 0.15) is 5.82 Å². The molecule has 6 heteroatoms. The van der Waals surface area contributed by atoms with Crippen molar-refractivity contribution in [3.63, 3.8) is 0 Å². The predicted octanol–water partition coefficient (Wildman–Crippen LogP) is 2.51. The molecular weight excluding hydrogens is 292 g/mol. The van der Waals surface area contributed by atoms with Crippen molar-refractivity contribution >= 4 is 11.7 Å². The predicted molar refractivity (Wildman–Crippen MR) is 89.1 cm³/mol. The summed E-state index contributed by atoms with van der Waals surface area (Å²) in [7, 11) is 1.93. The van der Waals surface area contributed by atoms with Crippen LogP contribution in [-0.4, -0.2) is 32.8 Å². The Morgan fingerprint density at radius 2 is 2.17 bits per heavy atom. The molecule has 1 saturated carbocycles. The first-order valence-electron chi connectivity index (χ1n) is 7.91. The molecule has 2 amide bonds. The number of carbonyl (C=O) groups is 1. The van der Waals surface area contributed by atoms with E-state index in [0.717, 1.165) is 37.1 Å². The number of imidazole rings is 1. The molecule has 1 heterocycles. The van der Waals surface area contributed by atoms with Gasteiger partial charge in [0.2, 0.25) is 0 Å². The van der Waals surface area contributed by atoms with Gasteiger partial charge in [0.05, 0.1) is 5.60 Å². The zero-order valence-corrected chi connectivity index (χ0v) is 13.2. The molecule has 23 heavy (non-hydrogen) atoms. The number of hydrogen-bond donors (Lipinski definition) is 3. The van der Waals surface area contributed by atoms with Crippen molar-refractivity contribution in [2.75, 3.05) is 11.9 Å². The fourth-order valence-electron chi connectivity index (χ4n) is 3.01. The van der Waals surface area contributed by atoms with Gasteiger partial charge in [0.25, 0.3) is 0 Å². The highest BCUT2D eigenvalue weighted by Crippen LogP contribution is 2.28. The number of anilines is 1. The van der Waals surface area contributed by atoms with E-state index in [4.69, 9.17) is 0 Å². The number of amides is 2. The zero-order valence-electron chi connectivity index (χ0n) is 13.2. The van der Waals surface area contributed by atoms with Gasteiger partial charge in [-0.3, -0.25) is 0 Å². The second-order valence-electron chi connectivity index (χ2n) is 6.18. The second-order valence-corrected chi connectivity index (χ2v) is 6.18. The van der Waals surface area contributed by atoms with E-state index >= 15 is 0 Å². The van der Waals surface area contributed by atoms with Crippen molar-refractivity contribution in [1.29, 1.82) is 0 Å². The van der Waals surface area contributed by atoms with Gasteiger partial charge in [-0.1, -0.05) is 25.0 Å². The summed E-state index contributed by atoms with van der Waals surface area (Å²) in [4.78, 5) is 16.3. The van der Waals surface area contributed by atoms with Gasteiger partial charge < -0.3 is 20.3 Å². The van der Waals surface area contributed by atoms with Gasteiger partial charge in [0, 0.05) is 37.2 Å². The Labute approximate surface area is 135 Å². The molecule has 6 nitrogen and oxygen atoms in total. The minimum atomic E-state index is -0.744. The highest BCUT2D eigenvalue weighted by atomic mass is 16.3. The standard InChI is InChI=1S/C17H22N4O2/c1-21-10-9-18-15(21)13-5-4-6-14(11-13)20-16(22)19-12-17(23)7-2-3-8-17/h4-6,9-11,23H,2-3,7-8,12H2,1H3,(H2,19,20,22). The lowest BCUT2D eigenvalue weighted by Crippen LogP contribution is -2.42. The molecule has 0 unspecified atom stereocenters. The summed E-state index contributed by atoms with van der Waals surface area (Å²) in [6, 6.07) is 7.24. The molecule has 0 bridgehead atoms. The lowest BCUT2D eigenvalue weighted by Gasteiger charge is -2.22. The number of carbonyl (C=O) groups excluding carboxylic acids is 1. The quantitative estimate of drug-likeness (QED) is 0.811. The van der Waals surface area contributed by atoms with E-state index < -0.39 is 5.60 Å². The Morgan fingerprint density at radius 3 is 2.87 bits per heavy atom. The minimum Gasteiger partial charge on any atom is -0.388 e. The van der Waals surface area contributed by atoms with Gasteiger partial charge in [-0.25, -0.2) is 9.78 Å². The van der Waals surface area contributed by atoms with Gasteiger partial charge >= 0.3 is 6.03 Å². The third kappa shape index (κ3) is 3.71. The van der Waals surface area contributed by atoms with Crippen LogP contribution in [0, 0.1) is 0 Å². The van der Waals surface area contributed by atoms with E-state index in [1.54, 1.807) is 6.20 Å². The lowest BCUT2D eigenvalue weighted by molar-refractivity contribution is 0.0506. The van der Waals surface area contributed by atoms with Crippen LogP contribution in [-0.2, 0) is 7.05 Å². The number of hydrogen-bond acceptors (Lipinski definition) is 3. The fraction of sp³-hybridized carbons (Fsp3) is 0.412. The molecule has 3 rings (SSSR count). The van der Waals surface area contributed by atoms with Crippen LogP contribution in [0.1, 0.15) is 25.7 Å². The summed E-state index contributed by atoms with van der Waals surface area (Å²) in [5.41, 5.74) is 0.887. The number of aryl methyl sites for hydroxylation is 1. The smallest absolute Gasteiger partial charge is 0.319 e. The highest BCUT2D eigenvalue weighted by Gasteiger charge is 2.31. The van der Waals surface area contributed by atoms with Gasteiger partial charge in [-0.05, 0) is 25.0 Å². The fourth-order valence-corrected chi connectivity index (χ4v) is 3.01. The third-order valence-electron chi connectivity index (χ3n) is 4.31. The van der Waals surface area contributed by atoms with E-state index in [9.17, 15) is 9.90 Å². The van der Waals surface area contributed by atoms with E-state index in [-0.39, 0.29) is 12.6 Å². The van der Waals surface area contributed by atoms with Gasteiger partial charge in [-0.2, -0.15) is 0 Å². The Kier molecular flexibility index (Phi) is 4.34. The van der Waals surface area contributed by atoms with Crippen LogP contribution in [0.15, 0.2) is 36.7 Å². The van der Waals surface area contributed by atoms with Crippen LogP contribution >= 0.6 is 0 Å². The van der Waals surface area contributed by atoms with E-state index in [2.05, 4.69) is 15.6 Å². The SMILES string of the molecule is Cn1ccnc1-c1cccc(NC(=O)NCC2(O)CCCC2)c1. The van der Waals surface area contributed by atoms with Gasteiger partial charge in [0.15, 0.2) is 0 Å². The summed E-state index contributed by atoms with van der Waals surface area (Å²) in [6.45, 7) is 0.290. The first-order chi connectivity index (χ1) is 11.1. The third-order valence-corrected chi connectivity index (χ3v) is 4.31. The molecule has 1 aromatic carbocycles.